The van der Waals surface area contributed by atoms with Crippen LogP contribution in [-0.4, -0.2) is 17.9 Å². The fourth-order valence-corrected chi connectivity index (χ4v) is 1.85. The molecular weight excluding hydrogens is 260 g/mol. The van der Waals surface area contributed by atoms with Gasteiger partial charge in [-0.1, -0.05) is 18.2 Å². The van der Waals surface area contributed by atoms with Crippen LogP contribution in [-0.2, 0) is 0 Å². The Bertz CT molecular complexity index is 665. The Balaban J connectivity index is 2.49. The summed E-state index contributed by atoms with van der Waals surface area (Å²) >= 11 is 0. The van der Waals surface area contributed by atoms with Gasteiger partial charge in [0.15, 0.2) is 0 Å². The van der Waals surface area contributed by atoms with Gasteiger partial charge in [-0.2, -0.15) is 0 Å². The first-order valence-electron chi connectivity index (χ1n) is 5.75. The van der Waals surface area contributed by atoms with E-state index in [0.717, 1.165) is 5.56 Å². The van der Waals surface area contributed by atoms with E-state index >= 15 is 0 Å². The lowest BCUT2D eigenvalue weighted by molar-refractivity contribution is -0.385. The van der Waals surface area contributed by atoms with Crippen molar-refractivity contribution < 1.29 is 14.5 Å². The zero-order valence-corrected chi connectivity index (χ0v) is 10.7. The number of carbonyl (C=O) groups is 1. The van der Waals surface area contributed by atoms with Crippen LogP contribution < -0.4 is 10.5 Å². The Labute approximate surface area is 114 Å². The van der Waals surface area contributed by atoms with Gasteiger partial charge in [-0.25, -0.2) is 0 Å². The molecule has 0 saturated heterocycles. The summed E-state index contributed by atoms with van der Waals surface area (Å²) in [5.74, 6) is -0.130. The van der Waals surface area contributed by atoms with E-state index in [1.807, 2.05) is 0 Å². The molecule has 20 heavy (non-hydrogen) atoms. The monoisotopic (exact) mass is 272 g/mol. The first-order valence-corrected chi connectivity index (χ1v) is 5.75. The van der Waals surface area contributed by atoms with Crippen LogP contribution >= 0.6 is 0 Å². The van der Waals surface area contributed by atoms with E-state index in [1.54, 1.807) is 37.4 Å². The number of nitro benzene ring substituents is 1. The lowest BCUT2D eigenvalue weighted by Gasteiger charge is -2.05. The minimum atomic E-state index is -0.821. The van der Waals surface area contributed by atoms with Crippen LogP contribution in [0.2, 0.25) is 0 Å². The molecule has 0 aliphatic heterocycles. The average Bonchev–Trinajstić information content (AvgIpc) is 2.46. The highest BCUT2D eigenvalue weighted by atomic mass is 16.6. The van der Waals surface area contributed by atoms with E-state index in [1.165, 1.54) is 12.1 Å². The number of nitrogens with zero attached hydrogens (tertiary/aromatic N) is 1. The molecule has 0 unspecified atom stereocenters. The second-order valence-corrected chi connectivity index (χ2v) is 4.08. The fraction of sp³-hybridized carbons (Fsp3) is 0.0714. The van der Waals surface area contributed by atoms with Gasteiger partial charge in [0.25, 0.3) is 11.6 Å². The van der Waals surface area contributed by atoms with Gasteiger partial charge in [0.2, 0.25) is 0 Å². The number of amides is 1. The summed E-state index contributed by atoms with van der Waals surface area (Å²) in [4.78, 5) is 21.5. The molecule has 2 rings (SSSR count). The van der Waals surface area contributed by atoms with Crippen molar-refractivity contribution in [3.8, 4) is 16.9 Å². The Hall–Kier alpha value is -2.89. The van der Waals surface area contributed by atoms with Crippen molar-refractivity contribution in [3.63, 3.8) is 0 Å². The van der Waals surface area contributed by atoms with Crippen molar-refractivity contribution in [1.82, 2.24) is 0 Å². The van der Waals surface area contributed by atoms with Crippen molar-refractivity contribution in [1.29, 1.82) is 0 Å². The van der Waals surface area contributed by atoms with Crippen molar-refractivity contribution in [2.24, 2.45) is 5.73 Å². The van der Waals surface area contributed by atoms with Crippen molar-refractivity contribution >= 4 is 11.6 Å². The Morgan fingerprint density at radius 1 is 1.15 bits per heavy atom. The number of benzene rings is 2. The number of nitro groups is 1. The van der Waals surface area contributed by atoms with Gasteiger partial charge >= 0.3 is 0 Å². The molecule has 0 aromatic heterocycles. The Morgan fingerprint density at radius 2 is 1.75 bits per heavy atom. The average molecular weight is 272 g/mol. The van der Waals surface area contributed by atoms with Crippen LogP contribution in [0, 0.1) is 10.1 Å². The highest BCUT2D eigenvalue weighted by Gasteiger charge is 2.18. The Morgan fingerprint density at radius 3 is 2.25 bits per heavy atom. The van der Waals surface area contributed by atoms with E-state index in [-0.39, 0.29) is 11.3 Å². The summed E-state index contributed by atoms with van der Waals surface area (Å²) < 4.78 is 5.05. The maximum Gasteiger partial charge on any atom is 0.282 e. The van der Waals surface area contributed by atoms with Crippen LogP contribution in [0.3, 0.4) is 0 Å². The number of rotatable bonds is 4. The minimum absolute atomic E-state index is 0.104. The largest absolute Gasteiger partial charge is 0.497 e. The number of hydrogen-bond acceptors (Lipinski definition) is 4. The van der Waals surface area contributed by atoms with Gasteiger partial charge in [0.1, 0.15) is 11.3 Å². The van der Waals surface area contributed by atoms with Crippen molar-refractivity contribution in [2.45, 2.75) is 0 Å². The zero-order valence-electron chi connectivity index (χ0n) is 10.7. The smallest absolute Gasteiger partial charge is 0.282 e. The summed E-state index contributed by atoms with van der Waals surface area (Å²) in [6.07, 6.45) is 0. The van der Waals surface area contributed by atoms with Gasteiger partial charge < -0.3 is 10.5 Å². The molecule has 1 amide bonds. The van der Waals surface area contributed by atoms with E-state index < -0.39 is 10.8 Å². The third-order valence-electron chi connectivity index (χ3n) is 2.88. The lowest BCUT2D eigenvalue weighted by atomic mass is 10.0. The molecule has 6 heteroatoms. The second-order valence-electron chi connectivity index (χ2n) is 4.08. The minimum Gasteiger partial charge on any atom is -0.497 e. The number of methoxy groups -OCH3 is 1. The third kappa shape index (κ3) is 2.59. The molecule has 0 spiro atoms. The van der Waals surface area contributed by atoms with Crippen LogP contribution in [0.5, 0.6) is 5.75 Å². The molecule has 0 bridgehead atoms. The van der Waals surface area contributed by atoms with Crippen LogP contribution in [0.15, 0.2) is 42.5 Å². The molecule has 0 saturated carbocycles. The van der Waals surface area contributed by atoms with Crippen molar-refractivity contribution in [3.05, 3.63) is 58.1 Å². The number of hydrogen-bond donors (Lipinski definition) is 1. The highest BCUT2D eigenvalue weighted by Crippen LogP contribution is 2.28. The number of ether oxygens (including phenoxy) is 1. The molecule has 0 aliphatic rings. The quantitative estimate of drug-likeness (QED) is 0.682. The molecule has 0 heterocycles. The molecule has 0 atom stereocenters. The Kier molecular flexibility index (Phi) is 3.65. The predicted molar refractivity (Wildman–Crippen MR) is 73.6 cm³/mol. The van der Waals surface area contributed by atoms with Crippen molar-refractivity contribution in [2.75, 3.05) is 7.11 Å². The first-order chi connectivity index (χ1) is 9.52. The summed E-state index contributed by atoms with van der Waals surface area (Å²) in [6.45, 7) is 0. The lowest BCUT2D eigenvalue weighted by Crippen LogP contribution is -2.13. The van der Waals surface area contributed by atoms with E-state index in [4.69, 9.17) is 10.5 Å². The molecular formula is C14H12N2O4. The van der Waals surface area contributed by atoms with Gasteiger partial charge in [-0.3, -0.25) is 14.9 Å². The standard InChI is InChI=1S/C14H12N2O4/c1-20-11-5-2-9(3-6-11)10-4-7-12(14(15)17)13(8-10)16(18)19/h2-8H,1H3,(H2,15,17). The highest BCUT2D eigenvalue weighted by molar-refractivity contribution is 5.97. The molecule has 0 aliphatic carbocycles. The summed E-state index contributed by atoms with van der Waals surface area (Å²) in [5.41, 5.74) is 6.13. The maximum absolute atomic E-state index is 11.2. The topological polar surface area (TPSA) is 95.5 Å². The normalized spacial score (nSPS) is 10.1. The SMILES string of the molecule is COc1ccc(-c2ccc(C(N)=O)c([N+](=O)[O-])c2)cc1. The van der Waals surface area contributed by atoms with Crippen LogP contribution in [0.25, 0.3) is 11.1 Å². The molecule has 2 aromatic carbocycles. The number of primary amides is 1. The second kappa shape index (κ2) is 5.40. The number of carbonyl (C=O) groups excluding carboxylic acids is 1. The van der Waals surface area contributed by atoms with Crippen LogP contribution in [0.4, 0.5) is 5.69 Å². The summed E-state index contributed by atoms with van der Waals surface area (Å²) in [7, 11) is 1.56. The van der Waals surface area contributed by atoms with Gasteiger partial charge in [-0.05, 0) is 29.3 Å². The third-order valence-corrected chi connectivity index (χ3v) is 2.88. The number of nitrogens with two attached hydrogens (primary N) is 1. The maximum atomic E-state index is 11.2. The molecule has 0 fully saturated rings. The first kappa shape index (κ1) is 13.5. The fourth-order valence-electron chi connectivity index (χ4n) is 1.85. The molecule has 0 radical (unpaired) electrons. The van der Waals surface area contributed by atoms with Gasteiger partial charge in [0, 0.05) is 6.07 Å². The van der Waals surface area contributed by atoms with Gasteiger partial charge in [0.05, 0.1) is 12.0 Å². The molecule has 102 valence electrons. The molecule has 2 aromatic rings. The van der Waals surface area contributed by atoms with E-state index in [2.05, 4.69) is 0 Å². The zero-order chi connectivity index (χ0) is 14.7. The molecule has 2 N–H and O–H groups in total. The summed E-state index contributed by atoms with van der Waals surface area (Å²) in [5, 5.41) is 11.0. The van der Waals surface area contributed by atoms with Gasteiger partial charge in [-0.15, -0.1) is 0 Å². The van der Waals surface area contributed by atoms with E-state index in [0.29, 0.717) is 11.3 Å². The van der Waals surface area contributed by atoms with E-state index in [9.17, 15) is 14.9 Å². The summed E-state index contributed by atoms with van der Waals surface area (Å²) in [6, 6.07) is 11.4. The van der Waals surface area contributed by atoms with Crippen LogP contribution in [0.1, 0.15) is 10.4 Å². The predicted octanol–water partition coefficient (Wildman–Crippen LogP) is 2.37. The molecule has 6 nitrogen and oxygen atoms in total.